The van der Waals surface area contributed by atoms with Crippen LogP contribution in [0.15, 0.2) is 18.3 Å². The molecule has 6 nitrogen and oxygen atoms in total. The van der Waals surface area contributed by atoms with Gasteiger partial charge in [-0.05, 0) is 44.7 Å². The number of nitrogens with zero attached hydrogens (tertiary/aromatic N) is 3. The second-order valence-electron chi connectivity index (χ2n) is 8.08. The van der Waals surface area contributed by atoms with Gasteiger partial charge in [0.15, 0.2) is 0 Å². The average molecular weight is 394 g/mol. The minimum Gasteiger partial charge on any atom is -0.378 e. The first-order chi connectivity index (χ1) is 13.0. The van der Waals surface area contributed by atoms with E-state index in [1.54, 1.807) is 6.20 Å². The predicted molar refractivity (Wildman–Crippen MR) is 104 cm³/mol. The zero-order valence-electron chi connectivity index (χ0n) is 15.9. The van der Waals surface area contributed by atoms with Gasteiger partial charge in [-0.25, -0.2) is 4.98 Å². The average Bonchev–Trinajstić information content (AvgIpc) is 2.68. The minimum absolute atomic E-state index is 0.0581. The Balaban J connectivity index is 1.36. The maximum Gasteiger partial charge on any atom is 0.226 e. The van der Waals surface area contributed by atoms with Gasteiger partial charge >= 0.3 is 0 Å². The van der Waals surface area contributed by atoms with E-state index in [0.29, 0.717) is 24.7 Å². The van der Waals surface area contributed by atoms with Gasteiger partial charge in [0.2, 0.25) is 5.91 Å². The number of carbonyl (C=O) groups excluding carboxylic acids is 1. The SMILES string of the molecule is C[C@@H]1CN(C(=O)C2CCN(c3ccc(Cl)cn3)CC2)C[C@]2(CCCOC2)O1. The van der Waals surface area contributed by atoms with Crippen molar-refractivity contribution in [2.45, 2.75) is 44.3 Å². The number of halogens is 1. The highest BCUT2D eigenvalue weighted by Crippen LogP contribution is 2.32. The summed E-state index contributed by atoms with van der Waals surface area (Å²) < 4.78 is 11.9. The molecule has 0 aromatic carbocycles. The summed E-state index contributed by atoms with van der Waals surface area (Å²) >= 11 is 5.92. The molecule has 3 saturated heterocycles. The molecule has 0 radical (unpaired) electrons. The fourth-order valence-electron chi connectivity index (χ4n) is 4.61. The van der Waals surface area contributed by atoms with Crippen LogP contribution < -0.4 is 4.90 Å². The minimum atomic E-state index is -0.306. The summed E-state index contributed by atoms with van der Waals surface area (Å²) in [5.41, 5.74) is -0.306. The Bertz CT molecular complexity index is 655. The normalized spacial score (nSPS) is 29.9. The lowest BCUT2D eigenvalue weighted by molar-refractivity contribution is -0.200. The van der Waals surface area contributed by atoms with Gasteiger partial charge in [0.1, 0.15) is 11.4 Å². The largest absolute Gasteiger partial charge is 0.378 e. The molecule has 7 heteroatoms. The number of piperidine rings is 1. The van der Waals surface area contributed by atoms with Gasteiger partial charge in [-0.3, -0.25) is 4.79 Å². The van der Waals surface area contributed by atoms with Crippen molar-refractivity contribution in [1.82, 2.24) is 9.88 Å². The van der Waals surface area contributed by atoms with Crippen LogP contribution in [-0.2, 0) is 14.3 Å². The smallest absolute Gasteiger partial charge is 0.226 e. The van der Waals surface area contributed by atoms with Crippen LogP contribution in [0.25, 0.3) is 0 Å². The number of aromatic nitrogens is 1. The number of hydrogen-bond donors (Lipinski definition) is 0. The van der Waals surface area contributed by atoms with Crippen molar-refractivity contribution in [3.05, 3.63) is 23.4 Å². The molecule has 148 valence electrons. The third-order valence-electron chi connectivity index (χ3n) is 5.89. The molecule has 3 fully saturated rings. The highest BCUT2D eigenvalue weighted by atomic mass is 35.5. The highest BCUT2D eigenvalue weighted by molar-refractivity contribution is 6.30. The van der Waals surface area contributed by atoms with Crippen molar-refractivity contribution in [2.24, 2.45) is 5.92 Å². The number of pyridine rings is 1. The van der Waals surface area contributed by atoms with Crippen LogP contribution in [0.2, 0.25) is 5.02 Å². The van der Waals surface area contributed by atoms with Crippen LogP contribution in [0.1, 0.15) is 32.6 Å². The van der Waals surface area contributed by atoms with Gasteiger partial charge < -0.3 is 19.3 Å². The molecule has 0 saturated carbocycles. The first kappa shape index (κ1) is 19.0. The standard InChI is InChI=1S/C20H28ClN3O3/c1-15-12-24(13-20(27-15)7-2-10-26-14-20)19(25)16-5-8-23(9-6-16)18-4-3-17(21)11-22-18/h3-4,11,15-16H,2,5-10,12-14H2,1H3/t15-,20+/m1/s1. The molecule has 3 aliphatic heterocycles. The number of carbonyl (C=O) groups is 1. The van der Waals surface area contributed by atoms with E-state index in [-0.39, 0.29) is 23.5 Å². The molecular weight excluding hydrogens is 366 g/mol. The van der Waals surface area contributed by atoms with E-state index in [4.69, 9.17) is 21.1 Å². The first-order valence-corrected chi connectivity index (χ1v) is 10.3. The van der Waals surface area contributed by atoms with E-state index < -0.39 is 0 Å². The second kappa shape index (κ2) is 7.94. The first-order valence-electron chi connectivity index (χ1n) is 9.96. The van der Waals surface area contributed by atoms with Crippen molar-refractivity contribution in [2.75, 3.05) is 44.3 Å². The van der Waals surface area contributed by atoms with Crippen molar-refractivity contribution in [3.8, 4) is 0 Å². The summed E-state index contributed by atoms with van der Waals surface area (Å²) in [5.74, 6) is 1.29. The maximum atomic E-state index is 13.2. The summed E-state index contributed by atoms with van der Waals surface area (Å²) in [6, 6.07) is 3.81. The van der Waals surface area contributed by atoms with E-state index >= 15 is 0 Å². The van der Waals surface area contributed by atoms with Gasteiger partial charge in [0.05, 0.1) is 24.3 Å². The Hall–Kier alpha value is -1.37. The van der Waals surface area contributed by atoms with Gasteiger partial charge in [-0.1, -0.05) is 11.6 Å². The molecule has 27 heavy (non-hydrogen) atoms. The lowest BCUT2D eigenvalue weighted by Crippen LogP contribution is -2.61. The summed E-state index contributed by atoms with van der Waals surface area (Å²) in [5, 5.41) is 0.644. The summed E-state index contributed by atoms with van der Waals surface area (Å²) in [7, 11) is 0. The van der Waals surface area contributed by atoms with Crippen LogP contribution >= 0.6 is 11.6 Å². The third kappa shape index (κ3) is 4.23. The molecule has 0 unspecified atom stereocenters. The fourth-order valence-corrected chi connectivity index (χ4v) is 4.72. The molecule has 0 bridgehead atoms. The van der Waals surface area contributed by atoms with Gasteiger partial charge in [-0.2, -0.15) is 0 Å². The summed E-state index contributed by atoms with van der Waals surface area (Å²) in [6.07, 6.45) is 5.43. The molecule has 1 amide bonds. The summed E-state index contributed by atoms with van der Waals surface area (Å²) in [4.78, 5) is 21.9. The van der Waals surface area contributed by atoms with Gasteiger partial charge in [0, 0.05) is 38.4 Å². The van der Waals surface area contributed by atoms with Crippen LogP contribution in [0.3, 0.4) is 0 Å². The molecule has 0 aliphatic carbocycles. The second-order valence-corrected chi connectivity index (χ2v) is 8.52. The molecule has 1 aromatic heterocycles. The lowest BCUT2D eigenvalue weighted by Gasteiger charge is -2.48. The number of rotatable bonds is 2. The summed E-state index contributed by atoms with van der Waals surface area (Å²) in [6.45, 7) is 6.49. The molecule has 2 atom stereocenters. The Morgan fingerprint density at radius 1 is 1.33 bits per heavy atom. The molecule has 4 heterocycles. The quantitative estimate of drug-likeness (QED) is 0.773. The molecule has 0 N–H and O–H groups in total. The highest BCUT2D eigenvalue weighted by Gasteiger charge is 2.43. The molecular formula is C20H28ClN3O3. The number of morpholine rings is 1. The molecule has 4 rings (SSSR count). The van der Waals surface area contributed by atoms with E-state index in [9.17, 15) is 4.79 Å². The van der Waals surface area contributed by atoms with E-state index in [1.165, 1.54) is 0 Å². The van der Waals surface area contributed by atoms with Crippen molar-refractivity contribution >= 4 is 23.3 Å². The van der Waals surface area contributed by atoms with Crippen molar-refractivity contribution < 1.29 is 14.3 Å². The lowest BCUT2D eigenvalue weighted by atomic mass is 9.90. The van der Waals surface area contributed by atoms with E-state index in [2.05, 4.69) is 16.8 Å². The van der Waals surface area contributed by atoms with Gasteiger partial charge in [0.25, 0.3) is 0 Å². The Kier molecular flexibility index (Phi) is 5.58. The van der Waals surface area contributed by atoms with Crippen LogP contribution in [0.5, 0.6) is 0 Å². The predicted octanol–water partition coefficient (Wildman–Crippen LogP) is 2.75. The monoisotopic (exact) mass is 393 g/mol. The number of ether oxygens (including phenoxy) is 2. The maximum absolute atomic E-state index is 13.2. The van der Waals surface area contributed by atoms with E-state index in [1.807, 2.05) is 17.0 Å². The van der Waals surface area contributed by atoms with Crippen LogP contribution in [-0.4, -0.2) is 66.9 Å². The van der Waals surface area contributed by atoms with Crippen LogP contribution in [0, 0.1) is 5.92 Å². The molecule has 3 aliphatic rings. The van der Waals surface area contributed by atoms with Gasteiger partial charge in [-0.15, -0.1) is 0 Å². The van der Waals surface area contributed by atoms with E-state index in [0.717, 1.165) is 51.2 Å². The Morgan fingerprint density at radius 2 is 2.15 bits per heavy atom. The van der Waals surface area contributed by atoms with Crippen LogP contribution in [0.4, 0.5) is 5.82 Å². The fraction of sp³-hybridized carbons (Fsp3) is 0.700. The Morgan fingerprint density at radius 3 is 2.81 bits per heavy atom. The topological polar surface area (TPSA) is 54.9 Å². The molecule has 1 aromatic rings. The molecule has 1 spiro atoms. The number of anilines is 1. The number of hydrogen-bond acceptors (Lipinski definition) is 5. The zero-order chi connectivity index (χ0) is 18.9. The third-order valence-corrected chi connectivity index (χ3v) is 6.11. The van der Waals surface area contributed by atoms with Crippen molar-refractivity contribution in [1.29, 1.82) is 0 Å². The zero-order valence-corrected chi connectivity index (χ0v) is 16.7. The number of amides is 1. The van der Waals surface area contributed by atoms with Crippen molar-refractivity contribution in [3.63, 3.8) is 0 Å². The Labute approximate surface area is 165 Å².